The normalized spacial score (nSPS) is 15.4. The molecule has 1 fully saturated rings. The molecule has 2 aromatic rings. The topological polar surface area (TPSA) is 60.9 Å². The second-order valence-corrected chi connectivity index (χ2v) is 9.18. The fourth-order valence-electron chi connectivity index (χ4n) is 3.14. The summed E-state index contributed by atoms with van der Waals surface area (Å²) in [5, 5.41) is -0.239. The predicted octanol–water partition coefficient (Wildman–Crippen LogP) is 3.08. The summed E-state index contributed by atoms with van der Waals surface area (Å²) in [5.74, 6) is -0.797. The molecule has 1 aliphatic rings. The molecular weight excluding hydrogens is 417 g/mol. The van der Waals surface area contributed by atoms with Gasteiger partial charge in [-0.25, -0.2) is 12.8 Å². The van der Waals surface area contributed by atoms with Gasteiger partial charge in [0.25, 0.3) is 5.91 Å². The molecule has 0 unspecified atom stereocenters. The third-order valence-corrected chi connectivity index (χ3v) is 7.27. The first-order chi connectivity index (χ1) is 13.7. The fraction of sp³-hybridized carbons (Fsp3) is 0.350. The molecule has 0 radical (unpaired) electrons. The molecule has 1 aliphatic heterocycles. The fourth-order valence-corrected chi connectivity index (χ4v) is 4.84. The van der Waals surface area contributed by atoms with Crippen molar-refractivity contribution in [1.82, 2.24) is 9.21 Å². The molecular formula is C20H23ClFN3O3S. The van der Waals surface area contributed by atoms with Gasteiger partial charge in [0.1, 0.15) is 5.82 Å². The molecule has 0 N–H and O–H groups in total. The van der Waals surface area contributed by atoms with Crippen LogP contribution in [0, 0.1) is 5.82 Å². The van der Waals surface area contributed by atoms with Crippen LogP contribution >= 0.6 is 11.6 Å². The van der Waals surface area contributed by atoms with Gasteiger partial charge in [0.05, 0.1) is 9.92 Å². The van der Waals surface area contributed by atoms with Crippen molar-refractivity contribution in [1.29, 1.82) is 0 Å². The Balaban J connectivity index is 1.66. The molecule has 2 aromatic carbocycles. The van der Waals surface area contributed by atoms with Crippen LogP contribution in [0.15, 0.2) is 47.4 Å². The average molecular weight is 440 g/mol. The van der Waals surface area contributed by atoms with Crippen molar-refractivity contribution < 1.29 is 17.6 Å². The van der Waals surface area contributed by atoms with Crippen LogP contribution in [0.25, 0.3) is 0 Å². The maximum Gasteiger partial charge on any atom is 0.253 e. The van der Waals surface area contributed by atoms with Crippen molar-refractivity contribution >= 4 is 33.2 Å². The van der Waals surface area contributed by atoms with E-state index in [4.69, 9.17) is 11.6 Å². The molecule has 29 heavy (non-hydrogen) atoms. The van der Waals surface area contributed by atoms with E-state index in [2.05, 4.69) is 4.90 Å². The van der Waals surface area contributed by atoms with Crippen LogP contribution in [0.5, 0.6) is 0 Å². The first kappa shape index (κ1) is 21.5. The van der Waals surface area contributed by atoms with Crippen LogP contribution in [0.2, 0.25) is 5.02 Å². The van der Waals surface area contributed by atoms with Crippen molar-refractivity contribution in [2.75, 3.05) is 44.7 Å². The van der Waals surface area contributed by atoms with Gasteiger partial charge in [0, 0.05) is 51.0 Å². The number of hydrogen-bond donors (Lipinski definition) is 0. The van der Waals surface area contributed by atoms with Crippen LogP contribution in [-0.2, 0) is 10.0 Å². The van der Waals surface area contributed by atoms with Gasteiger partial charge in [-0.05, 0) is 49.4 Å². The van der Waals surface area contributed by atoms with Gasteiger partial charge in [-0.15, -0.1) is 0 Å². The first-order valence-electron chi connectivity index (χ1n) is 9.29. The van der Waals surface area contributed by atoms with E-state index in [1.807, 2.05) is 26.1 Å². The van der Waals surface area contributed by atoms with Crippen molar-refractivity contribution in [3.8, 4) is 0 Å². The highest BCUT2D eigenvalue weighted by atomic mass is 35.5. The molecule has 6 nitrogen and oxygen atoms in total. The summed E-state index contributed by atoms with van der Waals surface area (Å²) in [7, 11) is -1.82. The Bertz CT molecular complexity index is 991. The minimum Gasteiger partial charge on any atom is -0.375 e. The highest BCUT2D eigenvalue weighted by molar-refractivity contribution is 7.89. The van der Waals surface area contributed by atoms with E-state index >= 15 is 0 Å². The number of amides is 1. The van der Waals surface area contributed by atoms with Gasteiger partial charge in [-0.1, -0.05) is 11.6 Å². The highest BCUT2D eigenvalue weighted by Gasteiger charge is 2.30. The summed E-state index contributed by atoms with van der Waals surface area (Å²) in [6, 6.07) is 10.7. The van der Waals surface area contributed by atoms with Crippen molar-refractivity contribution in [3.05, 3.63) is 58.9 Å². The van der Waals surface area contributed by atoms with Gasteiger partial charge < -0.3 is 9.80 Å². The molecule has 0 spiro atoms. The number of carbonyl (C=O) groups excluding carboxylic acids is 1. The standard InChI is InChI=1S/C20H23ClFN3O3S/c1-3-23(2)16-6-4-15(5-7-16)20(26)24-10-12-25(13-11-24)29(27,28)17-8-9-19(22)18(21)14-17/h4-9,14H,3,10-13H2,1-2H3. The van der Waals surface area contributed by atoms with Crippen LogP contribution in [0.4, 0.5) is 10.1 Å². The summed E-state index contributed by atoms with van der Waals surface area (Å²) in [4.78, 5) is 16.4. The Morgan fingerprint density at radius 1 is 1.10 bits per heavy atom. The molecule has 0 aliphatic carbocycles. The average Bonchev–Trinajstić information content (AvgIpc) is 2.74. The Labute approximate surface area is 175 Å². The molecule has 0 bridgehead atoms. The number of anilines is 1. The van der Waals surface area contributed by atoms with Crippen LogP contribution < -0.4 is 4.90 Å². The zero-order valence-corrected chi connectivity index (χ0v) is 17.9. The number of halogens is 2. The number of rotatable bonds is 5. The van der Waals surface area contributed by atoms with E-state index in [9.17, 15) is 17.6 Å². The Morgan fingerprint density at radius 2 is 1.72 bits per heavy atom. The van der Waals surface area contributed by atoms with Crippen LogP contribution in [0.3, 0.4) is 0 Å². The van der Waals surface area contributed by atoms with Gasteiger partial charge in [0.2, 0.25) is 10.0 Å². The third kappa shape index (κ3) is 4.55. The van der Waals surface area contributed by atoms with E-state index in [1.165, 1.54) is 10.4 Å². The molecule has 0 aromatic heterocycles. The molecule has 0 atom stereocenters. The molecule has 156 valence electrons. The van der Waals surface area contributed by atoms with E-state index in [0.29, 0.717) is 5.56 Å². The minimum atomic E-state index is -3.79. The zero-order valence-electron chi connectivity index (χ0n) is 16.3. The third-order valence-electron chi connectivity index (χ3n) is 5.08. The predicted molar refractivity (Wildman–Crippen MR) is 111 cm³/mol. The molecule has 1 saturated heterocycles. The van der Waals surface area contributed by atoms with Gasteiger partial charge in [0.15, 0.2) is 0 Å². The van der Waals surface area contributed by atoms with Crippen molar-refractivity contribution in [2.45, 2.75) is 11.8 Å². The van der Waals surface area contributed by atoms with Crippen molar-refractivity contribution in [2.24, 2.45) is 0 Å². The number of nitrogens with zero attached hydrogens (tertiary/aromatic N) is 3. The van der Waals surface area contributed by atoms with Crippen molar-refractivity contribution in [3.63, 3.8) is 0 Å². The maximum absolute atomic E-state index is 13.3. The zero-order chi connectivity index (χ0) is 21.2. The monoisotopic (exact) mass is 439 g/mol. The lowest BCUT2D eigenvalue weighted by Crippen LogP contribution is -2.50. The maximum atomic E-state index is 13.3. The summed E-state index contributed by atoms with van der Waals surface area (Å²) in [6.07, 6.45) is 0. The minimum absolute atomic E-state index is 0.0562. The summed E-state index contributed by atoms with van der Waals surface area (Å²) >= 11 is 5.72. The van der Waals surface area contributed by atoms with Gasteiger partial charge >= 0.3 is 0 Å². The first-order valence-corrected chi connectivity index (χ1v) is 11.1. The Morgan fingerprint density at radius 3 is 2.28 bits per heavy atom. The van der Waals surface area contributed by atoms with Gasteiger partial charge in [-0.3, -0.25) is 4.79 Å². The summed E-state index contributed by atoms with van der Waals surface area (Å²) < 4.78 is 40.2. The Hall–Kier alpha value is -2.16. The Kier molecular flexibility index (Phi) is 6.45. The van der Waals surface area contributed by atoms with E-state index in [1.54, 1.807) is 17.0 Å². The van der Waals surface area contributed by atoms with Crippen LogP contribution in [-0.4, -0.2) is 63.3 Å². The quantitative estimate of drug-likeness (QED) is 0.718. The highest BCUT2D eigenvalue weighted by Crippen LogP contribution is 2.23. The lowest BCUT2D eigenvalue weighted by atomic mass is 10.1. The lowest BCUT2D eigenvalue weighted by molar-refractivity contribution is 0.0698. The summed E-state index contributed by atoms with van der Waals surface area (Å²) in [6.45, 7) is 3.81. The molecule has 9 heteroatoms. The summed E-state index contributed by atoms with van der Waals surface area (Å²) in [5.41, 5.74) is 1.60. The second-order valence-electron chi connectivity index (χ2n) is 6.83. The van der Waals surface area contributed by atoms with Crippen LogP contribution in [0.1, 0.15) is 17.3 Å². The van der Waals surface area contributed by atoms with Gasteiger partial charge in [-0.2, -0.15) is 4.31 Å². The van der Waals surface area contributed by atoms with E-state index in [0.717, 1.165) is 24.4 Å². The largest absolute Gasteiger partial charge is 0.375 e. The lowest BCUT2D eigenvalue weighted by Gasteiger charge is -2.34. The van der Waals surface area contributed by atoms with E-state index < -0.39 is 15.8 Å². The number of carbonyl (C=O) groups is 1. The molecule has 1 amide bonds. The van der Waals surface area contributed by atoms with E-state index in [-0.39, 0.29) is 42.0 Å². The molecule has 1 heterocycles. The molecule has 0 saturated carbocycles. The second kappa shape index (κ2) is 8.69. The number of sulfonamides is 1. The number of benzene rings is 2. The SMILES string of the molecule is CCN(C)c1ccc(C(=O)N2CCN(S(=O)(=O)c3ccc(F)c(Cl)c3)CC2)cc1. The molecule has 3 rings (SSSR count). The smallest absolute Gasteiger partial charge is 0.253 e. The number of piperazine rings is 1. The number of hydrogen-bond acceptors (Lipinski definition) is 4.